The summed E-state index contributed by atoms with van der Waals surface area (Å²) in [5.41, 5.74) is 2.86. The molecule has 1 aromatic carbocycles. The highest BCUT2D eigenvalue weighted by atomic mass is 16.4. The van der Waals surface area contributed by atoms with Crippen molar-refractivity contribution >= 4 is 16.7 Å². The predicted octanol–water partition coefficient (Wildman–Crippen LogP) is 3.13. The van der Waals surface area contributed by atoms with Crippen molar-refractivity contribution in [1.82, 2.24) is 0 Å². The molecule has 3 aromatic rings. The fourth-order valence-electron chi connectivity index (χ4n) is 2.77. The second-order valence-electron chi connectivity index (χ2n) is 5.59. The van der Waals surface area contributed by atoms with E-state index in [1.165, 1.54) is 0 Å². The zero-order valence-electron chi connectivity index (χ0n) is 13.7. The SMILES string of the molecule is CCN(CC)c1ccc2cc(-c3cc[n+](C)cc3)c(=O)oc2c1. The maximum Gasteiger partial charge on any atom is 0.344 e. The minimum absolute atomic E-state index is 0.303. The first kappa shape index (κ1) is 15.3. The molecule has 118 valence electrons. The third-order valence-electron chi connectivity index (χ3n) is 4.14. The number of nitrogens with zero attached hydrogens (tertiary/aromatic N) is 2. The minimum Gasteiger partial charge on any atom is -0.422 e. The average molecular weight is 309 g/mol. The predicted molar refractivity (Wildman–Crippen MR) is 92.7 cm³/mol. The number of hydrogen-bond donors (Lipinski definition) is 0. The molecule has 0 bridgehead atoms. The van der Waals surface area contributed by atoms with Gasteiger partial charge in [-0.15, -0.1) is 0 Å². The minimum atomic E-state index is -0.303. The van der Waals surface area contributed by atoms with E-state index in [0.717, 1.165) is 29.7 Å². The monoisotopic (exact) mass is 309 g/mol. The van der Waals surface area contributed by atoms with E-state index in [1.54, 1.807) is 0 Å². The lowest BCUT2D eigenvalue weighted by Gasteiger charge is -2.21. The van der Waals surface area contributed by atoms with Gasteiger partial charge >= 0.3 is 5.63 Å². The summed E-state index contributed by atoms with van der Waals surface area (Å²) < 4.78 is 7.50. The van der Waals surface area contributed by atoms with Crippen molar-refractivity contribution in [3.63, 3.8) is 0 Å². The number of benzene rings is 1. The Bertz CT molecular complexity index is 878. The molecule has 0 saturated heterocycles. The van der Waals surface area contributed by atoms with Crippen LogP contribution in [0.15, 0.2) is 58.0 Å². The molecule has 0 radical (unpaired) electrons. The molecule has 0 amide bonds. The Labute approximate surface area is 135 Å². The topological polar surface area (TPSA) is 37.3 Å². The van der Waals surface area contributed by atoms with Gasteiger partial charge in [0.1, 0.15) is 12.6 Å². The maximum absolute atomic E-state index is 12.4. The Morgan fingerprint density at radius 2 is 1.74 bits per heavy atom. The van der Waals surface area contributed by atoms with Gasteiger partial charge in [0.15, 0.2) is 12.4 Å². The van der Waals surface area contributed by atoms with Crippen LogP contribution in [0.5, 0.6) is 0 Å². The van der Waals surface area contributed by atoms with Crippen LogP contribution in [0.4, 0.5) is 5.69 Å². The van der Waals surface area contributed by atoms with E-state index in [4.69, 9.17) is 4.42 Å². The van der Waals surface area contributed by atoms with Crippen molar-refractivity contribution in [2.45, 2.75) is 13.8 Å². The Kier molecular flexibility index (Phi) is 4.15. The largest absolute Gasteiger partial charge is 0.422 e. The summed E-state index contributed by atoms with van der Waals surface area (Å²) in [6, 6.07) is 11.8. The van der Waals surface area contributed by atoms with E-state index in [1.807, 2.05) is 54.3 Å². The summed E-state index contributed by atoms with van der Waals surface area (Å²) in [7, 11) is 1.95. The first-order valence-corrected chi connectivity index (χ1v) is 7.91. The van der Waals surface area contributed by atoms with E-state index >= 15 is 0 Å². The zero-order valence-corrected chi connectivity index (χ0v) is 13.7. The number of aryl methyl sites for hydroxylation is 1. The van der Waals surface area contributed by atoms with Crippen LogP contribution in [0.2, 0.25) is 0 Å². The van der Waals surface area contributed by atoms with Crippen molar-refractivity contribution in [2.75, 3.05) is 18.0 Å². The Balaban J connectivity index is 2.10. The van der Waals surface area contributed by atoms with Crippen LogP contribution < -0.4 is 15.1 Å². The van der Waals surface area contributed by atoms with Gasteiger partial charge in [0.25, 0.3) is 0 Å². The molecule has 0 aliphatic heterocycles. The highest BCUT2D eigenvalue weighted by Crippen LogP contribution is 2.24. The molecule has 0 atom stereocenters. The molecule has 3 rings (SSSR count). The molecule has 4 nitrogen and oxygen atoms in total. The van der Waals surface area contributed by atoms with Crippen molar-refractivity contribution < 1.29 is 8.98 Å². The fraction of sp³-hybridized carbons (Fsp3) is 0.263. The molecule has 2 aromatic heterocycles. The van der Waals surface area contributed by atoms with Gasteiger partial charge in [-0.3, -0.25) is 0 Å². The molecule has 2 heterocycles. The Morgan fingerprint density at radius 3 is 2.39 bits per heavy atom. The molecule has 4 heteroatoms. The molecule has 0 spiro atoms. The number of hydrogen-bond acceptors (Lipinski definition) is 3. The third-order valence-corrected chi connectivity index (χ3v) is 4.14. The summed E-state index contributed by atoms with van der Waals surface area (Å²) >= 11 is 0. The van der Waals surface area contributed by atoms with E-state index in [0.29, 0.717) is 11.1 Å². The molecule has 23 heavy (non-hydrogen) atoms. The number of pyridine rings is 1. The number of anilines is 1. The van der Waals surface area contributed by atoms with Crippen LogP contribution in [-0.4, -0.2) is 13.1 Å². The number of fused-ring (bicyclic) bond motifs is 1. The normalized spacial score (nSPS) is 10.9. The molecular weight excluding hydrogens is 288 g/mol. The van der Waals surface area contributed by atoms with Gasteiger partial charge in [-0.1, -0.05) is 0 Å². The van der Waals surface area contributed by atoms with E-state index in [2.05, 4.69) is 24.8 Å². The quantitative estimate of drug-likeness (QED) is 0.549. The highest BCUT2D eigenvalue weighted by molar-refractivity contribution is 5.84. The molecular formula is C19H21N2O2+. The van der Waals surface area contributed by atoms with Gasteiger partial charge in [-0.05, 0) is 32.0 Å². The molecule has 0 aliphatic rings. The standard InChI is InChI=1S/C19H21N2O2/c1-4-21(5-2)16-7-6-15-12-17(19(22)23-18(15)13-16)14-8-10-20(3)11-9-14/h6-13H,4-5H2,1-3H3/q+1. The second kappa shape index (κ2) is 6.24. The van der Waals surface area contributed by atoms with Crippen molar-refractivity contribution in [3.8, 4) is 11.1 Å². The van der Waals surface area contributed by atoms with Crippen LogP contribution in [0, 0.1) is 0 Å². The first-order valence-electron chi connectivity index (χ1n) is 7.91. The van der Waals surface area contributed by atoms with Gasteiger partial charge in [-0.25, -0.2) is 9.36 Å². The van der Waals surface area contributed by atoms with Crippen molar-refractivity contribution in [1.29, 1.82) is 0 Å². The van der Waals surface area contributed by atoms with Gasteiger partial charge in [0.05, 0.1) is 5.56 Å². The van der Waals surface area contributed by atoms with Crippen LogP contribution in [0.25, 0.3) is 22.1 Å². The summed E-state index contributed by atoms with van der Waals surface area (Å²) in [6.07, 6.45) is 3.84. The average Bonchev–Trinajstić information content (AvgIpc) is 2.56. The molecule has 0 saturated carbocycles. The van der Waals surface area contributed by atoms with Crippen LogP contribution in [0.1, 0.15) is 13.8 Å². The van der Waals surface area contributed by atoms with Crippen molar-refractivity contribution in [3.05, 3.63) is 59.2 Å². The first-order chi connectivity index (χ1) is 11.1. The lowest BCUT2D eigenvalue weighted by atomic mass is 10.1. The highest BCUT2D eigenvalue weighted by Gasteiger charge is 2.10. The molecule has 0 unspecified atom stereocenters. The van der Waals surface area contributed by atoms with E-state index < -0.39 is 0 Å². The summed E-state index contributed by atoms with van der Waals surface area (Å²) in [6.45, 7) is 6.07. The Morgan fingerprint density at radius 1 is 1.04 bits per heavy atom. The van der Waals surface area contributed by atoms with E-state index in [9.17, 15) is 4.79 Å². The summed E-state index contributed by atoms with van der Waals surface area (Å²) in [5.74, 6) is 0. The Hall–Kier alpha value is -2.62. The summed E-state index contributed by atoms with van der Waals surface area (Å²) in [4.78, 5) is 14.6. The van der Waals surface area contributed by atoms with Crippen molar-refractivity contribution in [2.24, 2.45) is 7.05 Å². The maximum atomic E-state index is 12.4. The molecule has 0 N–H and O–H groups in total. The lowest BCUT2D eigenvalue weighted by Crippen LogP contribution is -2.25. The molecule has 0 aliphatic carbocycles. The summed E-state index contributed by atoms with van der Waals surface area (Å²) in [5, 5.41) is 0.934. The van der Waals surface area contributed by atoms with Gasteiger partial charge in [-0.2, -0.15) is 0 Å². The smallest absolute Gasteiger partial charge is 0.344 e. The van der Waals surface area contributed by atoms with Gasteiger partial charge in [0, 0.05) is 47.9 Å². The van der Waals surface area contributed by atoms with Gasteiger partial charge < -0.3 is 9.32 Å². The van der Waals surface area contributed by atoms with E-state index in [-0.39, 0.29) is 5.63 Å². The number of aromatic nitrogens is 1. The molecule has 0 fully saturated rings. The van der Waals surface area contributed by atoms with Crippen LogP contribution in [0.3, 0.4) is 0 Å². The third kappa shape index (κ3) is 2.97. The fourth-order valence-corrected chi connectivity index (χ4v) is 2.77. The van der Waals surface area contributed by atoms with Gasteiger partial charge in [0.2, 0.25) is 0 Å². The second-order valence-corrected chi connectivity index (χ2v) is 5.59. The zero-order chi connectivity index (χ0) is 16.4. The van der Waals surface area contributed by atoms with Crippen LogP contribution >= 0.6 is 0 Å². The number of rotatable bonds is 4. The van der Waals surface area contributed by atoms with Crippen LogP contribution in [-0.2, 0) is 7.05 Å². The lowest BCUT2D eigenvalue weighted by molar-refractivity contribution is -0.671.